The molecule has 0 bridgehead atoms. The first kappa shape index (κ1) is 10.2. The van der Waals surface area contributed by atoms with Crippen LogP contribution in [0.2, 0.25) is 5.02 Å². The summed E-state index contributed by atoms with van der Waals surface area (Å²) in [6.45, 7) is 0. The summed E-state index contributed by atoms with van der Waals surface area (Å²) in [5.74, 6) is -1.62. The van der Waals surface area contributed by atoms with Crippen LogP contribution in [0.25, 0.3) is 0 Å². The number of halogens is 2. The highest BCUT2D eigenvalue weighted by Crippen LogP contribution is 2.34. The Bertz CT molecular complexity index is 410. The SMILES string of the molecule is O=C(O)C1CC1Nc1ccc(F)c(Cl)c1. The summed E-state index contributed by atoms with van der Waals surface area (Å²) in [7, 11) is 0. The largest absolute Gasteiger partial charge is 0.481 e. The van der Waals surface area contributed by atoms with Crippen molar-refractivity contribution in [2.75, 3.05) is 5.32 Å². The van der Waals surface area contributed by atoms with Crippen LogP contribution in [0, 0.1) is 11.7 Å². The highest BCUT2D eigenvalue weighted by Gasteiger charge is 2.43. The van der Waals surface area contributed by atoms with E-state index in [1.807, 2.05) is 0 Å². The quantitative estimate of drug-likeness (QED) is 0.837. The lowest BCUT2D eigenvalue weighted by Crippen LogP contribution is -2.10. The Morgan fingerprint density at radius 2 is 2.33 bits per heavy atom. The van der Waals surface area contributed by atoms with Gasteiger partial charge in [-0.2, -0.15) is 0 Å². The van der Waals surface area contributed by atoms with Crippen LogP contribution < -0.4 is 5.32 Å². The van der Waals surface area contributed by atoms with Crippen molar-refractivity contribution in [1.29, 1.82) is 0 Å². The van der Waals surface area contributed by atoms with E-state index in [0.29, 0.717) is 12.1 Å². The van der Waals surface area contributed by atoms with Gasteiger partial charge in [-0.3, -0.25) is 4.79 Å². The summed E-state index contributed by atoms with van der Waals surface area (Å²) in [5.41, 5.74) is 0.648. The fourth-order valence-corrected chi connectivity index (χ4v) is 1.61. The minimum absolute atomic E-state index is 0.0347. The fourth-order valence-electron chi connectivity index (χ4n) is 1.43. The molecule has 1 aliphatic rings. The zero-order chi connectivity index (χ0) is 11.0. The Balaban J connectivity index is 2.01. The number of carboxylic acids is 1. The van der Waals surface area contributed by atoms with Gasteiger partial charge < -0.3 is 10.4 Å². The molecule has 1 saturated carbocycles. The van der Waals surface area contributed by atoms with Gasteiger partial charge in [0.25, 0.3) is 0 Å². The number of hydrogen-bond acceptors (Lipinski definition) is 2. The number of carboxylic acid groups (broad SMARTS) is 1. The van der Waals surface area contributed by atoms with Gasteiger partial charge in [0, 0.05) is 11.7 Å². The molecule has 5 heteroatoms. The second kappa shape index (κ2) is 3.70. The standard InChI is InChI=1S/C10H9ClFNO2/c11-7-3-5(1-2-8(7)12)13-9-4-6(9)10(14)15/h1-3,6,9,13H,4H2,(H,14,15). The minimum Gasteiger partial charge on any atom is -0.481 e. The molecular formula is C10H9ClFNO2. The molecule has 1 fully saturated rings. The predicted molar refractivity (Wildman–Crippen MR) is 54.6 cm³/mol. The van der Waals surface area contributed by atoms with Crippen LogP contribution in [0.3, 0.4) is 0 Å². The number of aliphatic carboxylic acids is 1. The van der Waals surface area contributed by atoms with Crippen LogP contribution in [0.15, 0.2) is 18.2 Å². The van der Waals surface area contributed by atoms with Crippen molar-refractivity contribution in [3.63, 3.8) is 0 Å². The molecular weight excluding hydrogens is 221 g/mol. The van der Waals surface area contributed by atoms with Crippen molar-refractivity contribution >= 4 is 23.3 Å². The Kier molecular flexibility index (Phi) is 2.52. The van der Waals surface area contributed by atoms with E-state index in [2.05, 4.69) is 5.32 Å². The molecule has 0 saturated heterocycles. The summed E-state index contributed by atoms with van der Waals surface area (Å²) >= 11 is 5.59. The first-order chi connectivity index (χ1) is 7.08. The molecule has 2 unspecified atom stereocenters. The van der Waals surface area contributed by atoms with Crippen molar-refractivity contribution in [2.45, 2.75) is 12.5 Å². The maximum absolute atomic E-state index is 12.8. The van der Waals surface area contributed by atoms with Crippen molar-refractivity contribution in [3.8, 4) is 0 Å². The van der Waals surface area contributed by atoms with E-state index >= 15 is 0 Å². The molecule has 15 heavy (non-hydrogen) atoms. The van der Waals surface area contributed by atoms with Crippen LogP contribution in [0.4, 0.5) is 10.1 Å². The van der Waals surface area contributed by atoms with Gasteiger partial charge in [-0.15, -0.1) is 0 Å². The van der Waals surface area contributed by atoms with E-state index in [4.69, 9.17) is 16.7 Å². The first-order valence-corrected chi connectivity index (χ1v) is 4.90. The molecule has 2 atom stereocenters. The first-order valence-electron chi connectivity index (χ1n) is 4.52. The molecule has 1 aromatic rings. The van der Waals surface area contributed by atoms with Gasteiger partial charge in [0.15, 0.2) is 0 Å². The van der Waals surface area contributed by atoms with Crippen LogP contribution in [-0.2, 0) is 4.79 Å². The van der Waals surface area contributed by atoms with Crippen molar-refractivity contribution < 1.29 is 14.3 Å². The number of rotatable bonds is 3. The number of carbonyl (C=O) groups is 1. The molecule has 0 amide bonds. The number of hydrogen-bond donors (Lipinski definition) is 2. The lowest BCUT2D eigenvalue weighted by molar-refractivity contribution is -0.138. The van der Waals surface area contributed by atoms with E-state index in [1.54, 1.807) is 6.07 Å². The molecule has 0 aliphatic heterocycles. The Hall–Kier alpha value is -1.29. The van der Waals surface area contributed by atoms with E-state index < -0.39 is 11.8 Å². The number of anilines is 1. The predicted octanol–water partition coefficient (Wildman–Crippen LogP) is 2.36. The van der Waals surface area contributed by atoms with Crippen LogP contribution >= 0.6 is 11.6 Å². The molecule has 1 aliphatic carbocycles. The van der Waals surface area contributed by atoms with Gasteiger partial charge >= 0.3 is 5.97 Å². The van der Waals surface area contributed by atoms with Crippen LogP contribution in [0.5, 0.6) is 0 Å². The normalized spacial score (nSPS) is 23.6. The van der Waals surface area contributed by atoms with Gasteiger partial charge in [-0.1, -0.05) is 11.6 Å². The number of benzene rings is 1. The van der Waals surface area contributed by atoms with Gasteiger partial charge in [0.2, 0.25) is 0 Å². The van der Waals surface area contributed by atoms with Crippen LogP contribution in [-0.4, -0.2) is 17.1 Å². The topological polar surface area (TPSA) is 49.3 Å². The average molecular weight is 230 g/mol. The lowest BCUT2D eigenvalue weighted by atomic mass is 10.3. The third-order valence-electron chi connectivity index (χ3n) is 2.38. The summed E-state index contributed by atoms with van der Waals surface area (Å²) in [5, 5.41) is 11.7. The van der Waals surface area contributed by atoms with Gasteiger partial charge in [-0.25, -0.2) is 4.39 Å². The molecule has 80 valence electrons. The van der Waals surface area contributed by atoms with Gasteiger partial charge in [0.05, 0.1) is 10.9 Å². The second-order valence-electron chi connectivity index (χ2n) is 3.56. The summed E-state index contributed by atoms with van der Waals surface area (Å²) < 4.78 is 12.8. The maximum atomic E-state index is 12.8. The summed E-state index contributed by atoms with van der Waals surface area (Å²) in [6, 6.07) is 4.18. The Morgan fingerprint density at radius 3 is 2.87 bits per heavy atom. The van der Waals surface area contributed by atoms with Crippen molar-refractivity contribution in [1.82, 2.24) is 0 Å². The Labute approximate surface area is 90.9 Å². The van der Waals surface area contributed by atoms with E-state index in [9.17, 15) is 9.18 Å². The van der Waals surface area contributed by atoms with Gasteiger partial charge in [0.1, 0.15) is 5.82 Å². The molecule has 3 nitrogen and oxygen atoms in total. The average Bonchev–Trinajstić information content (AvgIpc) is 2.91. The zero-order valence-corrected chi connectivity index (χ0v) is 8.46. The number of nitrogens with one attached hydrogen (secondary N) is 1. The second-order valence-corrected chi connectivity index (χ2v) is 3.97. The summed E-state index contributed by atoms with van der Waals surface area (Å²) in [6.07, 6.45) is 0.602. The molecule has 0 heterocycles. The molecule has 0 aromatic heterocycles. The van der Waals surface area contributed by atoms with Crippen molar-refractivity contribution in [3.05, 3.63) is 29.0 Å². The maximum Gasteiger partial charge on any atom is 0.308 e. The molecule has 2 rings (SSSR count). The van der Waals surface area contributed by atoms with E-state index in [1.165, 1.54) is 12.1 Å². The zero-order valence-electron chi connectivity index (χ0n) is 7.71. The van der Waals surface area contributed by atoms with Crippen molar-refractivity contribution in [2.24, 2.45) is 5.92 Å². The third-order valence-corrected chi connectivity index (χ3v) is 2.67. The van der Waals surface area contributed by atoms with E-state index in [0.717, 1.165) is 0 Å². The Morgan fingerprint density at radius 1 is 1.60 bits per heavy atom. The fraction of sp³-hybridized carbons (Fsp3) is 0.300. The highest BCUT2D eigenvalue weighted by molar-refractivity contribution is 6.31. The molecule has 2 N–H and O–H groups in total. The van der Waals surface area contributed by atoms with Gasteiger partial charge in [-0.05, 0) is 24.6 Å². The van der Waals surface area contributed by atoms with E-state index in [-0.39, 0.29) is 17.0 Å². The monoisotopic (exact) mass is 229 g/mol. The minimum atomic E-state index is -0.805. The smallest absolute Gasteiger partial charge is 0.308 e. The third kappa shape index (κ3) is 2.21. The lowest BCUT2D eigenvalue weighted by Gasteiger charge is -2.05. The molecule has 1 aromatic carbocycles. The van der Waals surface area contributed by atoms with Crippen LogP contribution in [0.1, 0.15) is 6.42 Å². The molecule has 0 spiro atoms. The highest BCUT2D eigenvalue weighted by atomic mass is 35.5. The summed E-state index contributed by atoms with van der Waals surface area (Å²) in [4.78, 5) is 10.6. The molecule has 0 radical (unpaired) electrons.